The van der Waals surface area contributed by atoms with E-state index < -0.39 is 0 Å². The molecular weight excluding hydrogens is 370 g/mol. The highest BCUT2D eigenvalue weighted by atomic mass is 32.1. The first-order chi connectivity index (χ1) is 13.8. The molecule has 1 fully saturated rings. The first-order valence-electron chi connectivity index (χ1n) is 9.23. The smallest absolute Gasteiger partial charge is 0.258 e. The van der Waals surface area contributed by atoms with Gasteiger partial charge in [0.25, 0.3) is 5.91 Å². The number of hydrogen-bond donors (Lipinski definition) is 1. The third-order valence-corrected chi connectivity index (χ3v) is 6.05. The highest BCUT2D eigenvalue weighted by Crippen LogP contribution is 2.38. The maximum Gasteiger partial charge on any atom is 0.258 e. The van der Waals surface area contributed by atoms with E-state index in [4.69, 9.17) is 4.98 Å². The lowest BCUT2D eigenvalue weighted by Gasteiger charge is -2.21. The molecule has 3 heterocycles. The molecule has 28 heavy (non-hydrogen) atoms. The Morgan fingerprint density at radius 2 is 1.89 bits per heavy atom. The number of carbonyl (C=O) groups is 1. The van der Waals surface area contributed by atoms with Crippen molar-refractivity contribution in [1.82, 2.24) is 20.2 Å². The van der Waals surface area contributed by atoms with Gasteiger partial charge in [-0.1, -0.05) is 36.0 Å². The number of carbonyl (C=O) groups excluding carboxylic acids is 1. The third kappa shape index (κ3) is 3.14. The SMILES string of the molecule is O=C(Nc1nnc(C2CCC2)s1)c1cc(-c2ccncc2)nc2ccccc12. The van der Waals surface area contributed by atoms with Crippen molar-refractivity contribution in [1.29, 1.82) is 0 Å². The van der Waals surface area contributed by atoms with E-state index in [1.165, 1.54) is 17.8 Å². The molecule has 0 bridgehead atoms. The number of nitrogens with one attached hydrogen (secondary N) is 1. The summed E-state index contributed by atoms with van der Waals surface area (Å²) >= 11 is 1.47. The van der Waals surface area contributed by atoms with Crippen molar-refractivity contribution in [3.63, 3.8) is 0 Å². The van der Waals surface area contributed by atoms with Crippen LogP contribution in [0.25, 0.3) is 22.2 Å². The van der Waals surface area contributed by atoms with E-state index in [0.717, 1.165) is 40.0 Å². The van der Waals surface area contributed by atoms with Crippen LogP contribution < -0.4 is 5.32 Å². The fourth-order valence-corrected chi connectivity index (χ4v) is 4.21. The lowest BCUT2D eigenvalue weighted by molar-refractivity contribution is 0.102. The van der Waals surface area contributed by atoms with Gasteiger partial charge in [0.15, 0.2) is 0 Å². The minimum absolute atomic E-state index is 0.204. The Morgan fingerprint density at radius 1 is 1.07 bits per heavy atom. The Labute approximate surface area is 165 Å². The number of benzene rings is 1. The van der Waals surface area contributed by atoms with Gasteiger partial charge in [0, 0.05) is 29.3 Å². The van der Waals surface area contributed by atoms with Crippen LogP contribution in [0.2, 0.25) is 0 Å². The number of para-hydroxylation sites is 1. The summed E-state index contributed by atoms with van der Waals surface area (Å²) in [5, 5.41) is 13.7. The highest BCUT2D eigenvalue weighted by molar-refractivity contribution is 7.15. The van der Waals surface area contributed by atoms with Crippen LogP contribution in [0.4, 0.5) is 5.13 Å². The zero-order chi connectivity index (χ0) is 18.9. The molecule has 1 amide bonds. The molecule has 0 saturated heterocycles. The summed E-state index contributed by atoms with van der Waals surface area (Å²) in [6.07, 6.45) is 7.00. The van der Waals surface area contributed by atoms with Crippen LogP contribution in [0.1, 0.15) is 40.5 Å². The van der Waals surface area contributed by atoms with E-state index in [2.05, 4.69) is 20.5 Å². The largest absolute Gasteiger partial charge is 0.296 e. The molecule has 4 aromatic rings. The minimum Gasteiger partial charge on any atom is -0.296 e. The summed E-state index contributed by atoms with van der Waals surface area (Å²) < 4.78 is 0. The van der Waals surface area contributed by atoms with Gasteiger partial charge >= 0.3 is 0 Å². The number of fused-ring (bicyclic) bond motifs is 1. The number of nitrogens with zero attached hydrogens (tertiary/aromatic N) is 4. The van der Waals surface area contributed by atoms with E-state index >= 15 is 0 Å². The summed E-state index contributed by atoms with van der Waals surface area (Å²) in [6, 6.07) is 13.2. The molecule has 3 aromatic heterocycles. The minimum atomic E-state index is -0.204. The highest BCUT2D eigenvalue weighted by Gasteiger charge is 2.24. The molecular formula is C21H17N5OS. The van der Waals surface area contributed by atoms with Crippen molar-refractivity contribution in [2.24, 2.45) is 0 Å². The summed E-state index contributed by atoms with van der Waals surface area (Å²) in [7, 11) is 0. The van der Waals surface area contributed by atoms with Crippen LogP contribution in [0.3, 0.4) is 0 Å². The van der Waals surface area contributed by atoms with Crippen molar-refractivity contribution >= 4 is 33.3 Å². The van der Waals surface area contributed by atoms with Gasteiger partial charge in [-0.3, -0.25) is 15.1 Å². The fraction of sp³-hybridized carbons (Fsp3) is 0.190. The molecule has 1 aromatic carbocycles. The van der Waals surface area contributed by atoms with Crippen LogP contribution in [-0.2, 0) is 0 Å². The van der Waals surface area contributed by atoms with Crippen molar-refractivity contribution in [3.05, 3.63) is 65.4 Å². The van der Waals surface area contributed by atoms with Gasteiger partial charge in [-0.25, -0.2) is 4.98 Å². The van der Waals surface area contributed by atoms with E-state index in [-0.39, 0.29) is 5.91 Å². The topological polar surface area (TPSA) is 80.7 Å². The van der Waals surface area contributed by atoms with Gasteiger partial charge in [-0.2, -0.15) is 0 Å². The summed E-state index contributed by atoms with van der Waals surface area (Å²) in [5.74, 6) is 0.299. The number of amides is 1. The molecule has 1 saturated carbocycles. The van der Waals surface area contributed by atoms with Crippen molar-refractivity contribution < 1.29 is 4.79 Å². The molecule has 1 N–H and O–H groups in total. The lowest BCUT2D eigenvalue weighted by Crippen LogP contribution is -2.13. The molecule has 0 atom stereocenters. The van der Waals surface area contributed by atoms with E-state index in [0.29, 0.717) is 16.6 Å². The normalized spacial score (nSPS) is 14.0. The zero-order valence-corrected chi connectivity index (χ0v) is 15.8. The number of rotatable bonds is 4. The summed E-state index contributed by atoms with van der Waals surface area (Å²) in [4.78, 5) is 21.8. The molecule has 0 radical (unpaired) electrons. The molecule has 138 valence electrons. The van der Waals surface area contributed by atoms with Gasteiger partial charge in [0.1, 0.15) is 5.01 Å². The molecule has 0 spiro atoms. The molecule has 7 heteroatoms. The summed E-state index contributed by atoms with van der Waals surface area (Å²) in [6.45, 7) is 0. The third-order valence-electron chi connectivity index (χ3n) is 5.05. The second kappa shape index (κ2) is 7.09. The van der Waals surface area contributed by atoms with Crippen LogP contribution in [-0.4, -0.2) is 26.1 Å². The number of aromatic nitrogens is 4. The Balaban J connectivity index is 1.51. The predicted octanol–water partition coefficient (Wildman–Crippen LogP) is 4.67. The lowest BCUT2D eigenvalue weighted by atomic mass is 9.86. The van der Waals surface area contributed by atoms with Crippen LogP contribution in [0.15, 0.2) is 54.9 Å². The maximum absolute atomic E-state index is 13.1. The molecule has 6 nitrogen and oxygen atoms in total. The Kier molecular flexibility index (Phi) is 4.29. The van der Waals surface area contributed by atoms with Gasteiger partial charge in [0.05, 0.1) is 16.8 Å². The van der Waals surface area contributed by atoms with Gasteiger partial charge in [-0.15, -0.1) is 10.2 Å². The Morgan fingerprint density at radius 3 is 2.68 bits per heavy atom. The van der Waals surface area contributed by atoms with Crippen LogP contribution in [0, 0.1) is 0 Å². The van der Waals surface area contributed by atoms with E-state index in [1.54, 1.807) is 12.4 Å². The monoisotopic (exact) mass is 387 g/mol. The standard InChI is InChI=1S/C21H17N5OS/c27-19(24-21-26-25-20(28-21)14-4-3-5-14)16-12-18(13-8-10-22-11-9-13)23-17-7-2-1-6-15(16)17/h1-2,6-12,14H,3-5H2,(H,24,26,27). The molecule has 5 rings (SSSR count). The number of anilines is 1. The maximum atomic E-state index is 13.1. The van der Waals surface area contributed by atoms with E-state index in [9.17, 15) is 4.79 Å². The van der Waals surface area contributed by atoms with E-state index in [1.807, 2.05) is 42.5 Å². The van der Waals surface area contributed by atoms with Crippen LogP contribution in [0.5, 0.6) is 0 Å². The quantitative estimate of drug-likeness (QED) is 0.550. The second-order valence-electron chi connectivity index (χ2n) is 6.84. The Bertz CT molecular complexity index is 1150. The van der Waals surface area contributed by atoms with Gasteiger partial charge < -0.3 is 0 Å². The molecule has 1 aliphatic rings. The van der Waals surface area contributed by atoms with Crippen LogP contribution >= 0.6 is 11.3 Å². The number of pyridine rings is 2. The van der Waals surface area contributed by atoms with Crippen molar-refractivity contribution in [3.8, 4) is 11.3 Å². The Hall–Kier alpha value is -3.19. The predicted molar refractivity (Wildman–Crippen MR) is 109 cm³/mol. The van der Waals surface area contributed by atoms with Crippen molar-refractivity contribution in [2.45, 2.75) is 25.2 Å². The second-order valence-corrected chi connectivity index (χ2v) is 7.84. The zero-order valence-electron chi connectivity index (χ0n) is 15.0. The molecule has 0 unspecified atom stereocenters. The molecule has 0 aliphatic heterocycles. The first kappa shape index (κ1) is 16.9. The van der Waals surface area contributed by atoms with Gasteiger partial charge in [0.2, 0.25) is 5.13 Å². The average molecular weight is 387 g/mol. The fourth-order valence-electron chi connectivity index (χ4n) is 3.30. The first-order valence-corrected chi connectivity index (χ1v) is 10.0. The van der Waals surface area contributed by atoms with Crippen molar-refractivity contribution in [2.75, 3.05) is 5.32 Å². The number of hydrogen-bond acceptors (Lipinski definition) is 6. The average Bonchev–Trinajstić information content (AvgIpc) is 3.14. The van der Waals surface area contributed by atoms with Gasteiger partial charge in [-0.05, 0) is 37.1 Å². The molecule has 1 aliphatic carbocycles. The summed E-state index contributed by atoms with van der Waals surface area (Å²) in [5.41, 5.74) is 2.99.